The molecule has 0 aliphatic carbocycles. The average molecular weight is 204 g/mol. The van der Waals surface area contributed by atoms with Crippen LogP contribution in [0.15, 0.2) is 36.5 Å². The largest absolute Gasteiger partial charge is 0.354 e. The third-order valence-electron chi connectivity index (χ3n) is 2.09. The smallest absolute Gasteiger partial charge is 0.277 e. The van der Waals surface area contributed by atoms with Crippen LogP contribution >= 0.6 is 0 Å². The van der Waals surface area contributed by atoms with Gasteiger partial charge in [-0.3, -0.25) is 10.2 Å². The number of hydrogen-bond acceptors (Lipinski definition) is 3. The molecule has 1 aromatic rings. The lowest BCUT2D eigenvalue weighted by Crippen LogP contribution is -2.34. The lowest BCUT2D eigenvalue weighted by atomic mass is 10.2. The maximum absolute atomic E-state index is 11.3. The molecule has 15 heavy (non-hydrogen) atoms. The number of rotatable bonds is 2. The van der Waals surface area contributed by atoms with Crippen molar-refractivity contribution in [3.05, 3.63) is 42.1 Å². The Morgan fingerprint density at radius 2 is 2.13 bits per heavy atom. The zero-order valence-corrected chi connectivity index (χ0v) is 8.43. The minimum atomic E-state index is -0.0998. The van der Waals surface area contributed by atoms with Gasteiger partial charge >= 0.3 is 0 Å². The van der Waals surface area contributed by atoms with Gasteiger partial charge in [0.1, 0.15) is 0 Å². The van der Waals surface area contributed by atoms with Gasteiger partial charge in [-0.25, -0.2) is 0 Å². The van der Waals surface area contributed by atoms with Gasteiger partial charge in [0.15, 0.2) is 5.76 Å². The van der Waals surface area contributed by atoms with Crippen molar-refractivity contribution in [3.63, 3.8) is 0 Å². The van der Waals surface area contributed by atoms with Crippen LogP contribution in [0.5, 0.6) is 0 Å². The molecule has 0 bridgehead atoms. The maximum atomic E-state index is 11.3. The number of benzene rings is 1. The average Bonchev–Trinajstić information content (AvgIpc) is 2.78. The molecule has 2 rings (SSSR count). The first-order chi connectivity index (χ1) is 7.31. The number of amides is 1. The molecule has 0 radical (unpaired) electrons. The molecule has 0 aromatic heterocycles. The van der Waals surface area contributed by atoms with E-state index in [9.17, 15) is 4.79 Å². The molecule has 1 heterocycles. The Balaban J connectivity index is 2.07. The van der Waals surface area contributed by atoms with Crippen molar-refractivity contribution in [1.82, 2.24) is 10.6 Å². The second-order valence-corrected chi connectivity index (χ2v) is 3.14. The molecule has 4 nitrogen and oxygen atoms in total. The van der Waals surface area contributed by atoms with Crippen molar-refractivity contribution in [2.75, 3.05) is 0 Å². The Labute approximate surface area is 88.1 Å². The van der Waals surface area contributed by atoms with Gasteiger partial charge < -0.3 is 4.84 Å². The molecule has 0 spiro atoms. The third kappa shape index (κ3) is 1.93. The zero-order valence-electron chi connectivity index (χ0n) is 8.43. The molecule has 1 N–H and O–H groups in total. The van der Waals surface area contributed by atoms with E-state index < -0.39 is 0 Å². The van der Waals surface area contributed by atoms with Gasteiger partial charge in [-0.1, -0.05) is 42.4 Å². The summed E-state index contributed by atoms with van der Waals surface area (Å²) in [5.74, 6) is 0.551. The van der Waals surface area contributed by atoms with E-state index in [-0.39, 0.29) is 5.91 Å². The molecule has 4 heteroatoms. The summed E-state index contributed by atoms with van der Waals surface area (Å²) in [5, 5.41) is 1.14. The van der Waals surface area contributed by atoms with E-state index in [1.165, 1.54) is 0 Å². The Morgan fingerprint density at radius 1 is 1.40 bits per heavy atom. The first-order valence-corrected chi connectivity index (χ1v) is 4.84. The fourth-order valence-electron chi connectivity index (χ4n) is 1.27. The van der Waals surface area contributed by atoms with Crippen LogP contribution in [-0.4, -0.2) is 11.1 Å². The summed E-state index contributed by atoms with van der Waals surface area (Å²) in [4.78, 5) is 16.6. The van der Waals surface area contributed by atoms with E-state index in [0.29, 0.717) is 12.2 Å². The fourth-order valence-corrected chi connectivity index (χ4v) is 1.27. The van der Waals surface area contributed by atoms with E-state index >= 15 is 0 Å². The highest BCUT2D eigenvalue weighted by Gasteiger charge is 2.20. The summed E-state index contributed by atoms with van der Waals surface area (Å²) in [5.41, 5.74) is 3.70. The molecule has 1 aliphatic rings. The van der Waals surface area contributed by atoms with Gasteiger partial charge in [0.2, 0.25) is 0 Å². The maximum Gasteiger partial charge on any atom is 0.277 e. The van der Waals surface area contributed by atoms with Crippen molar-refractivity contribution >= 4 is 11.7 Å². The zero-order chi connectivity index (χ0) is 10.7. The number of hydrazine groups is 1. The Morgan fingerprint density at radius 3 is 2.80 bits per heavy atom. The van der Waals surface area contributed by atoms with Crippen LogP contribution in [0.4, 0.5) is 0 Å². The van der Waals surface area contributed by atoms with Gasteiger partial charge in [-0.2, -0.15) is 0 Å². The lowest BCUT2D eigenvalue weighted by Gasteiger charge is -2.14. The normalized spacial score (nSPS) is 14.2. The minimum absolute atomic E-state index is 0.0998. The number of hydroxylamine groups is 1. The first-order valence-electron chi connectivity index (χ1n) is 4.84. The van der Waals surface area contributed by atoms with Crippen LogP contribution in [0.1, 0.15) is 18.9 Å². The van der Waals surface area contributed by atoms with Crippen LogP contribution in [0.3, 0.4) is 0 Å². The van der Waals surface area contributed by atoms with Gasteiger partial charge in [0.25, 0.3) is 5.91 Å². The number of hydrogen-bond donors (Lipinski definition) is 1. The molecule has 78 valence electrons. The topological polar surface area (TPSA) is 41.6 Å². The molecule has 0 saturated heterocycles. The lowest BCUT2D eigenvalue weighted by molar-refractivity contribution is -0.167. The van der Waals surface area contributed by atoms with Crippen molar-refractivity contribution in [1.29, 1.82) is 0 Å². The van der Waals surface area contributed by atoms with Crippen LogP contribution in [0.25, 0.3) is 5.76 Å². The second-order valence-electron chi connectivity index (χ2n) is 3.14. The van der Waals surface area contributed by atoms with Gasteiger partial charge in [-0.15, -0.1) is 0 Å². The van der Waals surface area contributed by atoms with Crippen LogP contribution in [-0.2, 0) is 9.63 Å². The summed E-state index contributed by atoms with van der Waals surface area (Å²) in [6.07, 6.45) is 2.08. The van der Waals surface area contributed by atoms with Crippen molar-refractivity contribution in [3.8, 4) is 0 Å². The SMILES string of the molecule is CCC(=O)N1NC=C(c2ccccc2)O1. The molecular weight excluding hydrogens is 192 g/mol. The van der Waals surface area contributed by atoms with E-state index in [4.69, 9.17) is 4.84 Å². The number of carbonyl (C=O) groups is 1. The summed E-state index contributed by atoms with van der Waals surface area (Å²) >= 11 is 0. The van der Waals surface area contributed by atoms with Crippen LogP contribution in [0, 0.1) is 0 Å². The molecule has 1 aliphatic heterocycles. The van der Waals surface area contributed by atoms with E-state index in [0.717, 1.165) is 10.7 Å². The van der Waals surface area contributed by atoms with E-state index in [2.05, 4.69) is 5.43 Å². The molecular formula is C11H12N2O2. The predicted molar refractivity (Wildman–Crippen MR) is 55.8 cm³/mol. The quantitative estimate of drug-likeness (QED) is 0.796. The number of carbonyl (C=O) groups excluding carboxylic acids is 1. The van der Waals surface area contributed by atoms with Crippen molar-refractivity contribution in [2.24, 2.45) is 0 Å². The minimum Gasteiger partial charge on any atom is -0.354 e. The van der Waals surface area contributed by atoms with Crippen LogP contribution < -0.4 is 5.43 Å². The highest BCUT2D eigenvalue weighted by molar-refractivity contribution is 5.76. The Hall–Kier alpha value is -1.97. The fraction of sp³-hybridized carbons (Fsp3) is 0.182. The standard InChI is InChI=1S/C11H12N2O2/c1-2-11(14)13-12-8-10(15-13)9-6-4-3-5-7-9/h3-8,12H,2H2,1H3. The number of nitrogens with one attached hydrogen (secondary N) is 1. The Kier molecular flexibility index (Phi) is 2.58. The predicted octanol–water partition coefficient (Wildman–Crippen LogP) is 1.67. The van der Waals surface area contributed by atoms with Gasteiger partial charge in [0.05, 0.1) is 6.20 Å². The highest BCUT2D eigenvalue weighted by atomic mass is 16.7. The van der Waals surface area contributed by atoms with E-state index in [1.54, 1.807) is 13.1 Å². The summed E-state index contributed by atoms with van der Waals surface area (Å²) in [6.45, 7) is 1.79. The van der Waals surface area contributed by atoms with E-state index in [1.807, 2.05) is 30.3 Å². The molecule has 0 atom stereocenters. The summed E-state index contributed by atoms with van der Waals surface area (Å²) in [6, 6.07) is 9.62. The van der Waals surface area contributed by atoms with Gasteiger partial charge in [0, 0.05) is 12.0 Å². The molecule has 1 aromatic carbocycles. The third-order valence-corrected chi connectivity index (χ3v) is 2.09. The highest BCUT2D eigenvalue weighted by Crippen LogP contribution is 2.19. The van der Waals surface area contributed by atoms with Crippen LogP contribution in [0.2, 0.25) is 0 Å². The number of nitrogens with zero attached hydrogens (tertiary/aromatic N) is 1. The summed E-state index contributed by atoms with van der Waals surface area (Å²) in [7, 11) is 0. The Bertz CT molecular complexity index is 387. The molecule has 1 amide bonds. The second kappa shape index (κ2) is 4.04. The first kappa shape index (κ1) is 9.58. The monoisotopic (exact) mass is 204 g/mol. The molecule has 0 unspecified atom stereocenters. The molecule has 0 fully saturated rings. The molecule has 0 saturated carbocycles. The summed E-state index contributed by atoms with van der Waals surface area (Å²) < 4.78 is 0. The van der Waals surface area contributed by atoms with Crippen molar-refractivity contribution < 1.29 is 9.63 Å². The van der Waals surface area contributed by atoms with Crippen molar-refractivity contribution in [2.45, 2.75) is 13.3 Å². The van der Waals surface area contributed by atoms with Gasteiger partial charge in [-0.05, 0) is 0 Å².